The molecule has 0 heterocycles. The topological polar surface area (TPSA) is 86.5 Å². The molecule has 0 aromatic heterocycles. The fraction of sp³-hybridized carbons (Fsp3) is 0.385. The predicted molar refractivity (Wildman–Crippen MR) is 72.5 cm³/mol. The third kappa shape index (κ3) is 3.54. The first-order valence-corrected chi connectivity index (χ1v) is 6.32. The molecule has 0 bridgehead atoms. The maximum atomic E-state index is 11.9. The smallest absolute Gasteiger partial charge is 0.352 e. The van der Waals surface area contributed by atoms with E-state index in [0.29, 0.717) is 0 Å². The average molecular weight is 300 g/mol. The number of ether oxygens (including phenoxy) is 1. The van der Waals surface area contributed by atoms with Gasteiger partial charge >= 0.3 is 17.6 Å². The summed E-state index contributed by atoms with van der Waals surface area (Å²) in [6.07, 6.45) is 0. The van der Waals surface area contributed by atoms with Crippen LogP contribution in [-0.2, 0) is 9.53 Å². The van der Waals surface area contributed by atoms with Crippen LogP contribution < -0.4 is 0 Å². The Hall–Kier alpha value is -1.95. The lowest BCUT2D eigenvalue weighted by Gasteiger charge is -2.13. The van der Waals surface area contributed by atoms with E-state index >= 15 is 0 Å². The van der Waals surface area contributed by atoms with E-state index in [-0.39, 0.29) is 16.5 Å². The zero-order valence-corrected chi connectivity index (χ0v) is 12.0. The van der Waals surface area contributed by atoms with Gasteiger partial charge in [-0.1, -0.05) is 38.4 Å². The van der Waals surface area contributed by atoms with Crippen molar-refractivity contribution in [3.8, 4) is 0 Å². The zero-order chi connectivity index (χ0) is 15.4. The van der Waals surface area contributed by atoms with Crippen LogP contribution >= 0.6 is 11.6 Å². The Labute approximate surface area is 120 Å². The minimum atomic E-state index is -1.07. The molecule has 108 valence electrons. The fourth-order valence-electron chi connectivity index (χ4n) is 1.38. The molecule has 0 saturated carbocycles. The van der Waals surface area contributed by atoms with Gasteiger partial charge in [0.1, 0.15) is 10.6 Å². The number of hydrogen-bond acceptors (Lipinski definition) is 5. The Bertz CT molecular complexity index is 556. The summed E-state index contributed by atoms with van der Waals surface area (Å²) in [7, 11) is 0. The van der Waals surface area contributed by atoms with Crippen molar-refractivity contribution in [2.75, 3.05) is 0 Å². The molecule has 0 aliphatic heterocycles. The number of carbonyl (C=O) groups is 2. The molecule has 7 heteroatoms. The quantitative estimate of drug-likeness (QED) is 0.369. The van der Waals surface area contributed by atoms with Gasteiger partial charge in [-0.05, 0) is 18.1 Å². The number of nitro benzene ring substituents is 1. The summed E-state index contributed by atoms with van der Waals surface area (Å²) in [4.78, 5) is 33.7. The second kappa shape index (κ2) is 6.47. The summed E-state index contributed by atoms with van der Waals surface area (Å²) in [6, 6.07) is 3.86. The third-order valence-corrected chi connectivity index (χ3v) is 3.26. The van der Waals surface area contributed by atoms with Gasteiger partial charge in [0.2, 0.25) is 0 Å². The van der Waals surface area contributed by atoms with Gasteiger partial charge in [-0.2, -0.15) is 0 Å². The summed E-state index contributed by atoms with van der Waals surface area (Å²) in [5.74, 6) is -2.29. The molecular formula is C13H14ClNO5. The highest BCUT2D eigenvalue weighted by Crippen LogP contribution is 2.29. The Morgan fingerprint density at radius 1 is 1.30 bits per heavy atom. The number of para-hydroxylation sites is 1. The third-order valence-electron chi connectivity index (χ3n) is 2.95. The van der Waals surface area contributed by atoms with Crippen molar-refractivity contribution < 1.29 is 19.2 Å². The van der Waals surface area contributed by atoms with Crippen LogP contribution in [-0.4, -0.2) is 16.9 Å². The van der Waals surface area contributed by atoms with Crippen LogP contribution in [0, 0.1) is 22.0 Å². The van der Waals surface area contributed by atoms with Crippen LogP contribution in [0.3, 0.4) is 0 Å². The number of nitrogens with zero attached hydrogens (tertiary/aromatic N) is 1. The van der Waals surface area contributed by atoms with Crippen LogP contribution in [0.25, 0.3) is 0 Å². The molecule has 0 aliphatic rings. The Morgan fingerprint density at radius 2 is 1.90 bits per heavy atom. The minimum absolute atomic E-state index is 0.00959. The van der Waals surface area contributed by atoms with Crippen LogP contribution in [0.5, 0.6) is 0 Å². The molecule has 0 fully saturated rings. The van der Waals surface area contributed by atoms with E-state index in [1.165, 1.54) is 18.2 Å². The van der Waals surface area contributed by atoms with Gasteiger partial charge in [0.15, 0.2) is 0 Å². The molecule has 0 saturated heterocycles. The molecule has 1 aromatic rings. The summed E-state index contributed by atoms with van der Waals surface area (Å²) >= 11 is 5.68. The van der Waals surface area contributed by atoms with Crippen molar-refractivity contribution in [2.45, 2.75) is 20.8 Å². The van der Waals surface area contributed by atoms with Crippen molar-refractivity contribution in [2.24, 2.45) is 11.8 Å². The normalized spacial score (nSPS) is 12.1. The fourth-order valence-corrected chi connectivity index (χ4v) is 1.62. The largest absolute Gasteiger partial charge is 0.389 e. The van der Waals surface area contributed by atoms with Crippen molar-refractivity contribution in [1.82, 2.24) is 0 Å². The summed E-state index contributed by atoms with van der Waals surface area (Å²) < 4.78 is 4.66. The number of carbonyl (C=O) groups excluding carboxylic acids is 2. The molecular weight excluding hydrogens is 286 g/mol. The molecule has 0 amide bonds. The number of esters is 2. The highest BCUT2D eigenvalue weighted by molar-refractivity contribution is 6.33. The highest BCUT2D eigenvalue weighted by atomic mass is 35.5. The molecule has 20 heavy (non-hydrogen) atoms. The number of benzene rings is 1. The van der Waals surface area contributed by atoms with Crippen molar-refractivity contribution in [3.63, 3.8) is 0 Å². The van der Waals surface area contributed by atoms with Crippen LogP contribution in [0.15, 0.2) is 18.2 Å². The lowest BCUT2D eigenvalue weighted by atomic mass is 9.98. The molecule has 1 rings (SSSR count). The molecule has 0 radical (unpaired) electrons. The molecule has 1 aromatic carbocycles. The Balaban J connectivity index is 3.02. The first-order valence-electron chi connectivity index (χ1n) is 5.94. The van der Waals surface area contributed by atoms with Gasteiger partial charge < -0.3 is 4.74 Å². The summed E-state index contributed by atoms with van der Waals surface area (Å²) in [6.45, 7) is 5.23. The molecule has 0 aliphatic carbocycles. The maximum Gasteiger partial charge on any atom is 0.352 e. The number of hydrogen-bond donors (Lipinski definition) is 0. The second-order valence-electron chi connectivity index (χ2n) is 4.63. The van der Waals surface area contributed by atoms with E-state index in [1.54, 1.807) is 20.8 Å². The molecule has 1 unspecified atom stereocenters. The Kier molecular flexibility index (Phi) is 5.21. The molecule has 0 spiro atoms. The van der Waals surface area contributed by atoms with Gasteiger partial charge in [0.25, 0.3) is 0 Å². The number of nitro groups is 1. The van der Waals surface area contributed by atoms with Crippen molar-refractivity contribution >= 4 is 29.2 Å². The van der Waals surface area contributed by atoms with E-state index < -0.39 is 28.5 Å². The zero-order valence-electron chi connectivity index (χ0n) is 11.3. The van der Waals surface area contributed by atoms with Gasteiger partial charge in [-0.15, -0.1) is 0 Å². The van der Waals surface area contributed by atoms with Crippen molar-refractivity contribution in [1.29, 1.82) is 0 Å². The van der Waals surface area contributed by atoms with Gasteiger partial charge in [0, 0.05) is 0 Å². The van der Waals surface area contributed by atoms with E-state index in [1.807, 2.05) is 0 Å². The number of rotatable bonds is 4. The minimum Gasteiger partial charge on any atom is -0.389 e. The number of halogens is 1. The Morgan fingerprint density at radius 3 is 2.40 bits per heavy atom. The van der Waals surface area contributed by atoms with Gasteiger partial charge in [0.05, 0.1) is 10.8 Å². The lowest BCUT2D eigenvalue weighted by Crippen LogP contribution is -2.23. The average Bonchev–Trinajstić information content (AvgIpc) is 2.36. The lowest BCUT2D eigenvalue weighted by molar-refractivity contribution is -0.385. The monoisotopic (exact) mass is 299 g/mol. The van der Waals surface area contributed by atoms with E-state index in [4.69, 9.17) is 11.6 Å². The first kappa shape index (κ1) is 16.1. The predicted octanol–water partition coefficient (Wildman–Crippen LogP) is 3.22. The van der Waals surface area contributed by atoms with Crippen LogP contribution in [0.2, 0.25) is 5.02 Å². The maximum absolute atomic E-state index is 11.9. The molecule has 0 N–H and O–H groups in total. The van der Waals surface area contributed by atoms with Crippen LogP contribution in [0.1, 0.15) is 31.1 Å². The molecule has 1 atom stereocenters. The van der Waals surface area contributed by atoms with Crippen LogP contribution in [0.4, 0.5) is 5.69 Å². The second-order valence-corrected chi connectivity index (χ2v) is 5.04. The standard InChI is InChI=1S/C13H14ClNO5/c1-7(2)8(3)12(16)20-13(17)9-5-4-6-10(14)11(9)15(18)19/h4-8H,1-3H3. The summed E-state index contributed by atoms with van der Waals surface area (Å²) in [5, 5.41) is 10.7. The van der Waals surface area contributed by atoms with E-state index in [2.05, 4.69) is 4.74 Å². The van der Waals surface area contributed by atoms with Gasteiger partial charge in [-0.3, -0.25) is 14.9 Å². The van der Waals surface area contributed by atoms with E-state index in [9.17, 15) is 19.7 Å². The SMILES string of the molecule is CC(C)C(C)C(=O)OC(=O)c1cccc(Cl)c1[N+](=O)[O-]. The highest BCUT2D eigenvalue weighted by Gasteiger charge is 2.28. The van der Waals surface area contributed by atoms with Gasteiger partial charge in [-0.25, -0.2) is 4.79 Å². The van der Waals surface area contributed by atoms with E-state index in [0.717, 1.165) is 0 Å². The van der Waals surface area contributed by atoms with Crippen molar-refractivity contribution in [3.05, 3.63) is 38.9 Å². The summed E-state index contributed by atoms with van der Waals surface area (Å²) in [5.41, 5.74) is -0.907. The molecule has 6 nitrogen and oxygen atoms in total. The first-order chi connectivity index (χ1) is 9.25.